The fourth-order valence-electron chi connectivity index (χ4n) is 3.80. The fourth-order valence-corrected chi connectivity index (χ4v) is 4.26. The third kappa shape index (κ3) is 3.80. The van der Waals surface area contributed by atoms with Gasteiger partial charge in [-0.2, -0.15) is 11.8 Å². The number of imide groups is 1. The number of nitrogens with one attached hydrogen (secondary N) is 1. The maximum atomic E-state index is 13.0. The predicted octanol–water partition coefficient (Wildman–Crippen LogP) is 3.10. The first-order chi connectivity index (χ1) is 12.5. The molecule has 1 aliphatic heterocycles. The van der Waals surface area contributed by atoms with Gasteiger partial charge in [0, 0.05) is 6.04 Å². The molecule has 1 aliphatic carbocycles. The second-order valence-corrected chi connectivity index (χ2v) is 8.27. The molecule has 2 aliphatic rings. The maximum Gasteiger partial charge on any atom is 0.262 e. The lowest BCUT2D eigenvalue weighted by Gasteiger charge is -2.31. The summed E-state index contributed by atoms with van der Waals surface area (Å²) < 4.78 is 0. The minimum atomic E-state index is -0.741. The summed E-state index contributed by atoms with van der Waals surface area (Å²) in [6.07, 6.45) is 6.57. The molecule has 0 bridgehead atoms. The predicted molar refractivity (Wildman–Crippen MR) is 103 cm³/mol. The number of thioether (sulfide) groups is 1. The van der Waals surface area contributed by atoms with Crippen molar-refractivity contribution in [3.8, 4) is 0 Å². The van der Waals surface area contributed by atoms with Gasteiger partial charge in [0.05, 0.1) is 11.1 Å². The van der Waals surface area contributed by atoms with Crippen LogP contribution in [0.2, 0.25) is 0 Å². The average Bonchev–Trinajstić information content (AvgIpc) is 2.89. The number of rotatable bonds is 6. The highest BCUT2D eigenvalue weighted by Gasteiger charge is 2.42. The molecule has 1 aromatic rings. The zero-order chi connectivity index (χ0) is 18.7. The Hall–Kier alpha value is -1.82. The highest BCUT2D eigenvalue weighted by atomic mass is 32.2. The number of nitrogens with zero attached hydrogens (tertiary/aromatic N) is 1. The van der Waals surface area contributed by atoms with Gasteiger partial charge in [-0.05, 0) is 62.2 Å². The maximum absolute atomic E-state index is 13.0. The Morgan fingerprint density at radius 3 is 2.27 bits per heavy atom. The van der Waals surface area contributed by atoms with Gasteiger partial charge in [0.2, 0.25) is 5.91 Å². The van der Waals surface area contributed by atoms with Gasteiger partial charge in [-0.1, -0.05) is 19.1 Å². The molecule has 6 heteroatoms. The Morgan fingerprint density at radius 1 is 1.15 bits per heavy atom. The second-order valence-electron chi connectivity index (χ2n) is 7.29. The Labute approximate surface area is 158 Å². The molecule has 1 aromatic carbocycles. The molecule has 0 spiro atoms. The summed E-state index contributed by atoms with van der Waals surface area (Å²) in [5.41, 5.74) is 0.789. The standard InChI is InChI=1S/C20H26N2O3S/c1-13-7-9-14(10-8-13)21-18(23)17(11-12-26-2)22-19(24)15-5-3-4-6-16(15)20(22)25/h3-6,13-14,17H,7-12H2,1-2H3,(H,21,23)/t13?,14?,17-/m0/s1. The molecule has 1 saturated carbocycles. The molecule has 0 saturated heterocycles. The van der Waals surface area contributed by atoms with Gasteiger partial charge in [0.1, 0.15) is 6.04 Å². The van der Waals surface area contributed by atoms with E-state index in [1.54, 1.807) is 36.0 Å². The van der Waals surface area contributed by atoms with E-state index in [0.717, 1.165) is 25.7 Å². The molecule has 1 heterocycles. The third-order valence-corrected chi connectivity index (χ3v) is 6.04. The van der Waals surface area contributed by atoms with Crippen molar-refractivity contribution in [1.29, 1.82) is 0 Å². The van der Waals surface area contributed by atoms with Crippen LogP contribution in [0.5, 0.6) is 0 Å². The Morgan fingerprint density at radius 2 is 1.73 bits per heavy atom. The molecule has 26 heavy (non-hydrogen) atoms. The average molecular weight is 375 g/mol. The van der Waals surface area contributed by atoms with Crippen LogP contribution in [-0.4, -0.2) is 46.7 Å². The van der Waals surface area contributed by atoms with E-state index in [2.05, 4.69) is 12.2 Å². The van der Waals surface area contributed by atoms with E-state index in [4.69, 9.17) is 0 Å². The van der Waals surface area contributed by atoms with Crippen LogP contribution in [-0.2, 0) is 4.79 Å². The molecule has 1 fully saturated rings. The van der Waals surface area contributed by atoms with Crippen LogP contribution in [0.3, 0.4) is 0 Å². The summed E-state index contributed by atoms with van der Waals surface area (Å²) in [4.78, 5) is 39.7. The normalized spacial score (nSPS) is 23.7. The highest BCUT2D eigenvalue weighted by Crippen LogP contribution is 2.27. The molecular formula is C20H26N2O3S. The van der Waals surface area contributed by atoms with Crippen molar-refractivity contribution >= 4 is 29.5 Å². The van der Waals surface area contributed by atoms with Gasteiger partial charge in [-0.15, -0.1) is 0 Å². The summed E-state index contributed by atoms with van der Waals surface area (Å²) in [6, 6.07) is 6.20. The van der Waals surface area contributed by atoms with Crippen LogP contribution in [0.25, 0.3) is 0 Å². The molecule has 0 aromatic heterocycles. The summed E-state index contributed by atoms with van der Waals surface area (Å²) in [6.45, 7) is 2.23. The first-order valence-corrected chi connectivity index (χ1v) is 10.7. The quantitative estimate of drug-likeness (QED) is 0.777. The molecule has 3 rings (SSSR count). The Balaban J connectivity index is 1.77. The lowest BCUT2D eigenvalue weighted by atomic mass is 9.87. The summed E-state index contributed by atoms with van der Waals surface area (Å²) >= 11 is 1.61. The number of hydrogen-bond acceptors (Lipinski definition) is 4. The van der Waals surface area contributed by atoms with Crippen LogP contribution in [0.1, 0.15) is 59.7 Å². The second kappa shape index (κ2) is 8.25. The van der Waals surface area contributed by atoms with E-state index in [1.165, 1.54) is 4.90 Å². The number of benzene rings is 1. The van der Waals surface area contributed by atoms with Crippen molar-refractivity contribution in [1.82, 2.24) is 10.2 Å². The lowest BCUT2D eigenvalue weighted by Crippen LogP contribution is -2.52. The van der Waals surface area contributed by atoms with Crippen LogP contribution in [0.15, 0.2) is 24.3 Å². The molecule has 140 valence electrons. The minimum Gasteiger partial charge on any atom is -0.352 e. The Bertz CT molecular complexity index is 663. The van der Waals surface area contributed by atoms with Crippen molar-refractivity contribution in [2.45, 2.75) is 51.1 Å². The van der Waals surface area contributed by atoms with E-state index in [9.17, 15) is 14.4 Å². The number of carbonyl (C=O) groups excluding carboxylic acids is 3. The molecule has 5 nitrogen and oxygen atoms in total. The minimum absolute atomic E-state index is 0.144. The lowest BCUT2D eigenvalue weighted by molar-refractivity contribution is -0.126. The van der Waals surface area contributed by atoms with Crippen molar-refractivity contribution < 1.29 is 14.4 Å². The van der Waals surface area contributed by atoms with Gasteiger partial charge < -0.3 is 5.32 Å². The monoisotopic (exact) mass is 374 g/mol. The molecule has 0 radical (unpaired) electrons. The van der Waals surface area contributed by atoms with Crippen molar-refractivity contribution in [2.24, 2.45) is 5.92 Å². The van der Waals surface area contributed by atoms with E-state index < -0.39 is 6.04 Å². The first kappa shape index (κ1) is 19.0. The molecule has 1 N–H and O–H groups in total. The van der Waals surface area contributed by atoms with Gasteiger partial charge in [0.25, 0.3) is 11.8 Å². The van der Waals surface area contributed by atoms with E-state index >= 15 is 0 Å². The smallest absolute Gasteiger partial charge is 0.262 e. The van der Waals surface area contributed by atoms with Crippen LogP contribution in [0, 0.1) is 5.92 Å². The third-order valence-electron chi connectivity index (χ3n) is 5.40. The van der Waals surface area contributed by atoms with Crippen LogP contribution >= 0.6 is 11.8 Å². The van der Waals surface area contributed by atoms with E-state index in [-0.39, 0.29) is 23.8 Å². The van der Waals surface area contributed by atoms with Gasteiger partial charge in [-0.25, -0.2) is 0 Å². The van der Waals surface area contributed by atoms with Crippen molar-refractivity contribution in [3.63, 3.8) is 0 Å². The molecule has 1 atom stereocenters. The van der Waals surface area contributed by atoms with Crippen LogP contribution < -0.4 is 5.32 Å². The number of carbonyl (C=O) groups is 3. The zero-order valence-electron chi connectivity index (χ0n) is 15.4. The van der Waals surface area contributed by atoms with E-state index in [1.807, 2.05) is 6.26 Å². The SMILES string of the molecule is CSCC[C@@H](C(=O)NC1CCC(C)CC1)N1C(=O)c2ccccc2C1=O. The molecule has 3 amide bonds. The first-order valence-electron chi connectivity index (χ1n) is 9.29. The number of fused-ring (bicyclic) bond motifs is 1. The van der Waals surface area contributed by atoms with Gasteiger partial charge >= 0.3 is 0 Å². The number of hydrogen-bond donors (Lipinski definition) is 1. The molecular weight excluding hydrogens is 348 g/mol. The van der Waals surface area contributed by atoms with E-state index in [0.29, 0.717) is 29.2 Å². The van der Waals surface area contributed by atoms with Gasteiger partial charge in [0.15, 0.2) is 0 Å². The largest absolute Gasteiger partial charge is 0.352 e. The summed E-state index contributed by atoms with van der Waals surface area (Å²) in [7, 11) is 0. The zero-order valence-corrected chi connectivity index (χ0v) is 16.2. The van der Waals surface area contributed by atoms with Crippen molar-refractivity contribution in [2.75, 3.05) is 12.0 Å². The topological polar surface area (TPSA) is 66.5 Å². The fraction of sp³-hybridized carbons (Fsp3) is 0.550. The summed E-state index contributed by atoms with van der Waals surface area (Å²) in [5, 5.41) is 3.10. The Kier molecular flexibility index (Phi) is 6.01. The van der Waals surface area contributed by atoms with Gasteiger partial charge in [-0.3, -0.25) is 19.3 Å². The highest BCUT2D eigenvalue weighted by molar-refractivity contribution is 7.98. The van der Waals surface area contributed by atoms with Crippen LogP contribution in [0.4, 0.5) is 0 Å². The summed E-state index contributed by atoms with van der Waals surface area (Å²) in [5.74, 6) is 0.501. The molecule has 0 unspecified atom stereocenters. The number of amides is 3. The van der Waals surface area contributed by atoms with Crippen molar-refractivity contribution in [3.05, 3.63) is 35.4 Å².